The van der Waals surface area contributed by atoms with Crippen LogP contribution in [0.5, 0.6) is 0 Å². The molecule has 1 fully saturated rings. The second-order valence-corrected chi connectivity index (χ2v) is 6.28. The highest BCUT2D eigenvalue weighted by molar-refractivity contribution is 8.13. The molecule has 0 spiro atoms. The predicted octanol–water partition coefficient (Wildman–Crippen LogP) is 2.73. The van der Waals surface area contributed by atoms with E-state index in [1.807, 2.05) is 6.08 Å². The zero-order chi connectivity index (χ0) is 14.4. The summed E-state index contributed by atoms with van der Waals surface area (Å²) in [5, 5.41) is 0.167. The van der Waals surface area contributed by atoms with Gasteiger partial charge < -0.3 is 9.80 Å². The van der Waals surface area contributed by atoms with Crippen LogP contribution in [0.4, 0.5) is 5.69 Å². The molecule has 1 heterocycles. The van der Waals surface area contributed by atoms with E-state index < -0.39 is 0 Å². The fraction of sp³-hybridized carbons (Fsp3) is 0.438. The number of piperazine rings is 1. The molecule has 108 valence electrons. The SMILES string of the molecule is CC(=O)SCC=Cc1ccc(N2CCN(C)CC2)cc1. The molecule has 0 radical (unpaired) electrons. The molecule has 2 rings (SSSR count). The number of carbonyl (C=O) groups excluding carboxylic acids is 1. The van der Waals surface area contributed by atoms with Gasteiger partial charge in [-0.2, -0.15) is 0 Å². The fourth-order valence-corrected chi connectivity index (χ4v) is 2.64. The van der Waals surface area contributed by atoms with Gasteiger partial charge in [0.1, 0.15) is 0 Å². The van der Waals surface area contributed by atoms with Gasteiger partial charge in [0, 0.05) is 44.5 Å². The number of benzene rings is 1. The minimum absolute atomic E-state index is 0.167. The van der Waals surface area contributed by atoms with E-state index in [9.17, 15) is 4.79 Å². The van der Waals surface area contributed by atoms with Gasteiger partial charge in [0.05, 0.1) is 0 Å². The van der Waals surface area contributed by atoms with Gasteiger partial charge in [0.25, 0.3) is 0 Å². The van der Waals surface area contributed by atoms with Crippen molar-refractivity contribution < 1.29 is 4.79 Å². The lowest BCUT2D eigenvalue weighted by Gasteiger charge is -2.34. The van der Waals surface area contributed by atoms with E-state index in [0.717, 1.165) is 31.9 Å². The third-order valence-electron chi connectivity index (χ3n) is 3.45. The molecule has 1 saturated heterocycles. The van der Waals surface area contributed by atoms with Gasteiger partial charge in [0.2, 0.25) is 0 Å². The first-order valence-corrected chi connectivity index (χ1v) is 7.97. The lowest BCUT2D eigenvalue weighted by atomic mass is 10.1. The van der Waals surface area contributed by atoms with Crippen molar-refractivity contribution in [2.24, 2.45) is 0 Å². The molecular formula is C16H22N2OS. The van der Waals surface area contributed by atoms with Crippen LogP contribution in [0.15, 0.2) is 30.3 Å². The average molecular weight is 290 g/mol. The van der Waals surface area contributed by atoms with Crippen LogP contribution in [0.2, 0.25) is 0 Å². The molecule has 0 N–H and O–H groups in total. The van der Waals surface area contributed by atoms with Crippen LogP contribution in [0.3, 0.4) is 0 Å². The fourth-order valence-electron chi connectivity index (χ4n) is 2.21. The van der Waals surface area contributed by atoms with Gasteiger partial charge in [-0.3, -0.25) is 4.79 Å². The Morgan fingerprint density at radius 3 is 2.45 bits per heavy atom. The predicted molar refractivity (Wildman–Crippen MR) is 88.3 cm³/mol. The summed E-state index contributed by atoms with van der Waals surface area (Å²) in [7, 11) is 2.17. The van der Waals surface area contributed by atoms with Crippen LogP contribution < -0.4 is 4.90 Å². The second kappa shape index (κ2) is 7.50. The normalized spacial score (nSPS) is 16.8. The molecule has 1 aromatic carbocycles. The Labute approximate surface area is 125 Å². The zero-order valence-corrected chi connectivity index (χ0v) is 13.0. The highest BCUT2D eigenvalue weighted by atomic mass is 32.2. The van der Waals surface area contributed by atoms with Gasteiger partial charge in [-0.05, 0) is 24.7 Å². The van der Waals surface area contributed by atoms with E-state index in [-0.39, 0.29) is 5.12 Å². The molecule has 1 aliphatic rings. The highest BCUT2D eigenvalue weighted by Gasteiger charge is 2.13. The van der Waals surface area contributed by atoms with Gasteiger partial charge in [-0.15, -0.1) is 0 Å². The summed E-state index contributed by atoms with van der Waals surface area (Å²) in [6, 6.07) is 8.65. The Morgan fingerprint density at radius 2 is 1.85 bits per heavy atom. The molecule has 0 saturated carbocycles. The molecule has 0 atom stereocenters. The van der Waals surface area contributed by atoms with Crippen molar-refractivity contribution in [3.8, 4) is 0 Å². The number of carbonyl (C=O) groups is 1. The Hall–Kier alpha value is -1.26. The Balaban J connectivity index is 1.88. The minimum Gasteiger partial charge on any atom is -0.369 e. The molecule has 0 aromatic heterocycles. The molecule has 0 aliphatic carbocycles. The molecular weight excluding hydrogens is 268 g/mol. The van der Waals surface area contributed by atoms with E-state index in [1.54, 1.807) is 6.92 Å². The molecule has 1 aliphatic heterocycles. The summed E-state index contributed by atoms with van der Waals surface area (Å²) in [6.45, 7) is 6.05. The van der Waals surface area contributed by atoms with E-state index in [2.05, 4.69) is 47.2 Å². The standard InChI is InChI=1S/C16H22N2OS/c1-14(19)20-13-3-4-15-5-7-16(8-6-15)18-11-9-17(2)10-12-18/h3-8H,9-13H2,1-2H3. The summed E-state index contributed by atoms with van der Waals surface area (Å²) < 4.78 is 0. The molecule has 3 nitrogen and oxygen atoms in total. The largest absolute Gasteiger partial charge is 0.369 e. The maximum atomic E-state index is 10.8. The quantitative estimate of drug-likeness (QED) is 0.851. The number of thioether (sulfide) groups is 1. The first-order chi connectivity index (χ1) is 9.65. The third-order valence-corrected chi connectivity index (χ3v) is 4.22. The molecule has 4 heteroatoms. The third kappa shape index (κ3) is 4.69. The second-order valence-electron chi connectivity index (χ2n) is 5.09. The first-order valence-electron chi connectivity index (χ1n) is 6.98. The smallest absolute Gasteiger partial charge is 0.186 e. The van der Waals surface area contributed by atoms with Crippen molar-refractivity contribution >= 4 is 28.6 Å². The molecule has 0 amide bonds. The maximum Gasteiger partial charge on any atom is 0.186 e. The van der Waals surface area contributed by atoms with Crippen LogP contribution in [0.1, 0.15) is 12.5 Å². The van der Waals surface area contributed by atoms with E-state index in [4.69, 9.17) is 0 Å². The minimum atomic E-state index is 0.167. The van der Waals surface area contributed by atoms with E-state index >= 15 is 0 Å². The van der Waals surface area contributed by atoms with Crippen LogP contribution in [-0.4, -0.2) is 49.0 Å². The number of hydrogen-bond acceptors (Lipinski definition) is 4. The van der Waals surface area contributed by atoms with Crippen molar-refractivity contribution in [2.75, 3.05) is 43.9 Å². The lowest BCUT2D eigenvalue weighted by Crippen LogP contribution is -2.44. The first kappa shape index (κ1) is 15.1. The van der Waals surface area contributed by atoms with Crippen molar-refractivity contribution in [3.05, 3.63) is 35.9 Å². The molecule has 1 aromatic rings. The number of hydrogen-bond donors (Lipinski definition) is 0. The van der Waals surface area contributed by atoms with Gasteiger partial charge in [0.15, 0.2) is 5.12 Å². The summed E-state index contributed by atoms with van der Waals surface area (Å²) in [4.78, 5) is 15.6. The van der Waals surface area contributed by atoms with Crippen molar-refractivity contribution in [1.29, 1.82) is 0 Å². The average Bonchev–Trinajstić information content (AvgIpc) is 2.45. The van der Waals surface area contributed by atoms with Crippen LogP contribution in [-0.2, 0) is 4.79 Å². The monoisotopic (exact) mass is 290 g/mol. The Morgan fingerprint density at radius 1 is 1.20 bits per heavy atom. The van der Waals surface area contributed by atoms with Crippen molar-refractivity contribution in [1.82, 2.24) is 4.90 Å². The van der Waals surface area contributed by atoms with E-state index in [0.29, 0.717) is 0 Å². The number of rotatable bonds is 4. The van der Waals surface area contributed by atoms with Crippen LogP contribution in [0.25, 0.3) is 6.08 Å². The summed E-state index contributed by atoms with van der Waals surface area (Å²) in [6.07, 6.45) is 4.11. The summed E-state index contributed by atoms with van der Waals surface area (Å²) in [5.41, 5.74) is 2.49. The Bertz CT molecular complexity index is 462. The summed E-state index contributed by atoms with van der Waals surface area (Å²) in [5.74, 6) is 0.746. The van der Waals surface area contributed by atoms with Gasteiger partial charge in [-0.1, -0.05) is 36.0 Å². The molecule has 20 heavy (non-hydrogen) atoms. The van der Waals surface area contributed by atoms with Crippen LogP contribution >= 0.6 is 11.8 Å². The van der Waals surface area contributed by atoms with Crippen LogP contribution in [0, 0.1) is 0 Å². The molecule has 0 unspecified atom stereocenters. The number of likely N-dealkylation sites (N-methyl/N-ethyl adjacent to an activating group) is 1. The number of anilines is 1. The zero-order valence-electron chi connectivity index (χ0n) is 12.2. The highest BCUT2D eigenvalue weighted by Crippen LogP contribution is 2.17. The topological polar surface area (TPSA) is 23.6 Å². The maximum absolute atomic E-state index is 10.8. The van der Waals surface area contributed by atoms with Crippen molar-refractivity contribution in [2.45, 2.75) is 6.92 Å². The van der Waals surface area contributed by atoms with E-state index in [1.165, 1.54) is 23.0 Å². The van der Waals surface area contributed by atoms with Crippen molar-refractivity contribution in [3.63, 3.8) is 0 Å². The Kier molecular flexibility index (Phi) is 5.68. The summed E-state index contributed by atoms with van der Waals surface area (Å²) >= 11 is 1.34. The molecule has 0 bridgehead atoms. The number of nitrogens with zero attached hydrogens (tertiary/aromatic N) is 2. The lowest BCUT2D eigenvalue weighted by molar-refractivity contribution is -0.109. The van der Waals surface area contributed by atoms with Gasteiger partial charge >= 0.3 is 0 Å². The van der Waals surface area contributed by atoms with Gasteiger partial charge in [-0.25, -0.2) is 0 Å².